The van der Waals surface area contributed by atoms with Gasteiger partial charge in [0.2, 0.25) is 11.8 Å². The summed E-state index contributed by atoms with van der Waals surface area (Å²) in [7, 11) is 0. The van der Waals surface area contributed by atoms with Gasteiger partial charge in [0.1, 0.15) is 6.04 Å². The molecular formula is C23H23ClN2O2S2. The Morgan fingerprint density at radius 3 is 2.43 bits per heavy atom. The molecule has 1 N–H and O–H groups in total. The molecule has 1 aromatic carbocycles. The zero-order chi connectivity index (χ0) is 20.9. The third-order valence-corrected chi connectivity index (χ3v) is 7.43. The zero-order valence-corrected chi connectivity index (χ0v) is 18.8. The lowest BCUT2D eigenvalue weighted by Gasteiger charge is -2.32. The van der Waals surface area contributed by atoms with E-state index in [4.69, 9.17) is 11.6 Å². The van der Waals surface area contributed by atoms with Crippen molar-refractivity contribution in [2.75, 3.05) is 4.90 Å². The fourth-order valence-electron chi connectivity index (χ4n) is 3.88. The van der Waals surface area contributed by atoms with Crippen LogP contribution in [-0.4, -0.2) is 17.9 Å². The van der Waals surface area contributed by atoms with E-state index in [0.29, 0.717) is 10.7 Å². The standard InChI is InChI=1S/C23H23ClN2O2S2/c24-18-10-3-4-11-19(18)26(21(27)15-17-9-5-13-29-17)22(20-12-6-14-30-20)23(28)25-16-7-1-2-8-16/h3-6,9-14,16,22H,1-2,7-8,15H2,(H,25,28)/t22-/m1/s1. The number of halogens is 1. The van der Waals surface area contributed by atoms with Gasteiger partial charge in [0.15, 0.2) is 0 Å². The minimum Gasteiger partial charge on any atom is -0.351 e. The zero-order valence-electron chi connectivity index (χ0n) is 16.4. The molecule has 2 aromatic heterocycles. The Labute approximate surface area is 189 Å². The van der Waals surface area contributed by atoms with Crippen molar-refractivity contribution in [3.63, 3.8) is 0 Å². The van der Waals surface area contributed by atoms with E-state index in [1.807, 2.05) is 47.2 Å². The topological polar surface area (TPSA) is 49.4 Å². The molecule has 1 atom stereocenters. The summed E-state index contributed by atoms with van der Waals surface area (Å²) < 4.78 is 0. The number of nitrogens with zero attached hydrogens (tertiary/aromatic N) is 1. The molecular weight excluding hydrogens is 436 g/mol. The molecule has 0 aliphatic heterocycles. The van der Waals surface area contributed by atoms with Gasteiger partial charge in [-0.1, -0.05) is 48.7 Å². The lowest BCUT2D eigenvalue weighted by atomic mass is 10.1. The summed E-state index contributed by atoms with van der Waals surface area (Å²) >= 11 is 9.52. The SMILES string of the molecule is O=C(NC1CCCC1)[C@@H](c1cccs1)N(C(=O)Cc1cccs1)c1ccccc1Cl. The highest BCUT2D eigenvalue weighted by Gasteiger charge is 2.35. The van der Waals surface area contributed by atoms with Gasteiger partial charge in [-0.15, -0.1) is 22.7 Å². The fraction of sp³-hybridized carbons (Fsp3) is 0.304. The first-order valence-electron chi connectivity index (χ1n) is 10.1. The third-order valence-electron chi connectivity index (χ3n) is 5.31. The van der Waals surface area contributed by atoms with Crippen molar-refractivity contribution in [1.82, 2.24) is 5.32 Å². The first-order chi connectivity index (χ1) is 14.6. The lowest BCUT2D eigenvalue weighted by Crippen LogP contribution is -2.46. The van der Waals surface area contributed by atoms with Crippen LogP contribution in [0, 0.1) is 0 Å². The van der Waals surface area contributed by atoms with E-state index in [1.165, 1.54) is 22.7 Å². The van der Waals surface area contributed by atoms with Gasteiger partial charge in [-0.3, -0.25) is 14.5 Å². The number of hydrogen-bond donors (Lipinski definition) is 1. The van der Waals surface area contributed by atoms with Crippen LogP contribution in [0.25, 0.3) is 0 Å². The van der Waals surface area contributed by atoms with Crippen LogP contribution in [0.15, 0.2) is 59.3 Å². The van der Waals surface area contributed by atoms with E-state index in [9.17, 15) is 9.59 Å². The van der Waals surface area contributed by atoms with Crippen LogP contribution >= 0.6 is 34.3 Å². The molecule has 4 nitrogen and oxygen atoms in total. The van der Waals surface area contributed by atoms with E-state index >= 15 is 0 Å². The Balaban J connectivity index is 1.73. The number of amides is 2. The molecule has 7 heteroatoms. The summed E-state index contributed by atoms with van der Waals surface area (Å²) in [6.07, 6.45) is 4.44. The lowest BCUT2D eigenvalue weighted by molar-refractivity contribution is -0.126. The summed E-state index contributed by atoms with van der Waals surface area (Å²) in [5.74, 6) is -0.297. The first kappa shape index (κ1) is 21.1. The highest BCUT2D eigenvalue weighted by atomic mass is 35.5. The van der Waals surface area contributed by atoms with Gasteiger partial charge >= 0.3 is 0 Å². The summed E-state index contributed by atoms with van der Waals surface area (Å²) in [5, 5.41) is 7.52. The van der Waals surface area contributed by atoms with E-state index in [1.54, 1.807) is 17.0 Å². The molecule has 1 aliphatic rings. The van der Waals surface area contributed by atoms with Crippen molar-refractivity contribution in [3.05, 3.63) is 74.1 Å². The second-order valence-electron chi connectivity index (χ2n) is 7.38. The van der Waals surface area contributed by atoms with E-state index in [2.05, 4.69) is 5.32 Å². The van der Waals surface area contributed by atoms with Gasteiger partial charge in [-0.25, -0.2) is 0 Å². The molecule has 4 rings (SSSR count). The molecule has 0 radical (unpaired) electrons. The van der Waals surface area contributed by atoms with Crippen molar-refractivity contribution in [2.24, 2.45) is 0 Å². The van der Waals surface area contributed by atoms with E-state index < -0.39 is 6.04 Å². The molecule has 156 valence electrons. The number of carbonyl (C=O) groups excluding carboxylic acids is 2. The van der Waals surface area contributed by atoms with Crippen LogP contribution in [0.2, 0.25) is 5.02 Å². The largest absolute Gasteiger partial charge is 0.351 e. The van der Waals surface area contributed by atoms with Gasteiger partial charge in [0.05, 0.1) is 17.1 Å². The summed E-state index contributed by atoms with van der Waals surface area (Å²) in [6.45, 7) is 0. The molecule has 3 aromatic rings. The van der Waals surface area contributed by atoms with Crippen LogP contribution < -0.4 is 10.2 Å². The smallest absolute Gasteiger partial charge is 0.248 e. The van der Waals surface area contributed by atoms with Crippen LogP contribution in [0.4, 0.5) is 5.69 Å². The van der Waals surface area contributed by atoms with Gasteiger partial charge < -0.3 is 5.32 Å². The minimum atomic E-state index is -0.752. The highest BCUT2D eigenvalue weighted by molar-refractivity contribution is 7.10. The molecule has 2 heterocycles. The predicted molar refractivity (Wildman–Crippen MR) is 124 cm³/mol. The van der Waals surface area contributed by atoms with E-state index in [0.717, 1.165) is 35.4 Å². The monoisotopic (exact) mass is 458 g/mol. The molecule has 0 bridgehead atoms. The number of thiophene rings is 2. The summed E-state index contributed by atoms with van der Waals surface area (Å²) in [4.78, 5) is 30.4. The van der Waals surface area contributed by atoms with Gasteiger partial charge in [0, 0.05) is 15.8 Å². The predicted octanol–water partition coefficient (Wildman–Crippen LogP) is 5.84. The average molecular weight is 459 g/mol. The van der Waals surface area contributed by atoms with Crippen molar-refractivity contribution in [2.45, 2.75) is 44.2 Å². The summed E-state index contributed by atoms with van der Waals surface area (Å²) in [5.41, 5.74) is 0.556. The first-order valence-corrected chi connectivity index (χ1v) is 12.2. The normalized spacial score (nSPS) is 15.1. The number of benzene rings is 1. The van der Waals surface area contributed by atoms with Gasteiger partial charge in [0.25, 0.3) is 0 Å². The molecule has 1 saturated carbocycles. The van der Waals surface area contributed by atoms with Crippen LogP contribution in [0.1, 0.15) is 41.5 Å². The Morgan fingerprint density at radius 1 is 1.03 bits per heavy atom. The maximum atomic E-state index is 13.5. The Bertz CT molecular complexity index is 983. The van der Waals surface area contributed by atoms with Crippen LogP contribution in [0.5, 0.6) is 0 Å². The highest BCUT2D eigenvalue weighted by Crippen LogP contribution is 2.36. The van der Waals surface area contributed by atoms with Gasteiger partial charge in [-0.05, 0) is 47.9 Å². The summed E-state index contributed by atoms with van der Waals surface area (Å²) in [6, 6.07) is 14.3. The Morgan fingerprint density at radius 2 is 1.77 bits per heavy atom. The molecule has 1 fully saturated rings. The molecule has 0 saturated heterocycles. The third kappa shape index (κ3) is 4.77. The van der Waals surface area contributed by atoms with Crippen molar-refractivity contribution in [3.8, 4) is 0 Å². The van der Waals surface area contributed by atoms with Crippen molar-refractivity contribution in [1.29, 1.82) is 0 Å². The number of rotatable bonds is 7. The number of nitrogens with one attached hydrogen (secondary N) is 1. The average Bonchev–Trinajstić information content (AvgIpc) is 3.50. The number of para-hydroxylation sites is 1. The second-order valence-corrected chi connectivity index (χ2v) is 9.80. The minimum absolute atomic E-state index is 0.148. The van der Waals surface area contributed by atoms with Crippen molar-refractivity contribution >= 4 is 51.8 Å². The van der Waals surface area contributed by atoms with Gasteiger partial charge in [-0.2, -0.15) is 0 Å². The molecule has 1 aliphatic carbocycles. The Kier molecular flexibility index (Phi) is 6.87. The maximum absolute atomic E-state index is 13.5. The number of hydrogen-bond acceptors (Lipinski definition) is 4. The van der Waals surface area contributed by atoms with Crippen LogP contribution in [-0.2, 0) is 16.0 Å². The molecule has 30 heavy (non-hydrogen) atoms. The molecule has 0 unspecified atom stereocenters. The second kappa shape index (κ2) is 9.77. The van der Waals surface area contributed by atoms with Crippen molar-refractivity contribution < 1.29 is 9.59 Å². The number of anilines is 1. The maximum Gasteiger partial charge on any atom is 0.248 e. The fourth-order valence-corrected chi connectivity index (χ4v) is 5.62. The number of carbonyl (C=O) groups is 2. The molecule has 2 amide bonds. The quantitative estimate of drug-likeness (QED) is 0.483. The van der Waals surface area contributed by atoms with Crippen LogP contribution in [0.3, 0.4) is 0 Å². The molecule has 0 spiro atoms. The van der Waals surface area contributed by atoms with E-state index in [-0.39, 0.29) is 24.3 Å². The Hall–Kier alpha value is -2.15.